The van der Waals surface area contributed by atoms with Gasteiger partial charge >= 0.3 is 5.97 Å². The molecule has 0 aliphatic carbocycles. The number of hydrogen-bond acceptors (Lipinski definition) is 9. The Bertz CT molecular complexity index is 1380. The zero-order chi connectivity index (χ0) is 27.2. The second kappa shape index (κ2) is 11.5. The number of aromatic nitrogens is 2. The number of carboxylic acid groups (broad SMARTS) is 1. The van der Waals surface area contributed by atoms with Crippen LogP contribution in [0.25, 0.3) is 0 Å². The average molecular weight is 541 g/mol. The number of rotatable bonds is 11. The zero-order valence-corrected chi connectivity index (χ0v) is 21.1. The molecule has 3 aromatic rings. The number of benzene rings is 2. The van der Waals surface area contributed by atoms with Crippen LogP contribution in [0.3, 0.4) is 0 Å². The number of amides is 1. The zero-order valence-electron chi connectivity index (χ0n) is 20.3. The summed E-state index contributed by atoms with van der Waals surface area (Å²) >= 11 is 0. The maximum atomic E-state index is 12.9. The molecule has 1 amide bonds. The Morgan fingerprint density at radius 3 is 2.50 bits per heavy atom. The Morgan fingerprint density at radius 2 is 1.79 bits per heavy atom. The van der Waals surface area contributed by atoms with Crippen LogP contribution < -0.4 is 20.3 Å². The van der Waals surface area contributed by atoms with E-state index in [0.717, 1.165) is 6.42 Å². The van der Waals surface area contributed by atoms with Gasteiger partial charge in [0.05, 0.1) is 11.4 Å². The molecule has 200 valence electrons. The lowest BCUT2D eigenvalue weighted by molar-refractivity contribution is -0.138. The average Bonchev–Trinajstić information content (AvgIpc) is 3.32. The molecule has 1 fully saturated rings. The van der Waals surface area contributed by atoms with Gasteiger partial charge in [-0.3, -0.25) is 9.59 Å². The minimum Gasteiger partial charge on any atom is -0.480 e. The van der Waals surface area contributed by atoms with Gasteiger partial charge in [0, 0.05) is 36.7 Å². The van der Waals surface area contributed by atoms with Crippen molar-refractivity contribution in [2.45, 2.75) is 29.5 Å². The summed E-state index contributed by atoms with van der Waals surface area (Å²) in [5.41, 5.74) is -0.405. The monoisotopic (exact) mass is 540 g/mol. The highest BCUT2D eigenvalue weighted by Gasteiger charge is 2.39. The van der Waals surface area contributed by atoms with Crippen LogP contribution in [0.15, 0.2) is 78.0 Å². The maximum absolute atomic E-state index is 12.9. The molecule has 1 aliphatic heterocycles. The number of carbonyl (C=O) groups is 2. The first-order chi connectivity index (χ1) is 18.2. The topological polar surface area (TPSA) is 174 Å². The van der Waals surface area contributed by atoms with E-state index in [2.05, 4.69) is 25.3 Å². The van der Waals surface area contributed by atoms with Crippen molar-refractivity contribution in [1.82, 2.24) is 20.0 Å². The number of carbonyl (C=O) groups excluding carboxylic acids is 1. The smallest absolute Gasteiger partial charge is 0.323 e. The molecular weight excluding hydrogens is 512 g/mol. The van der Waals surface area contributed by atoms with Gasteiger partial charge in [0.1, 0.15) is 6.04 Å². The van der Waals surface area contributed by atoms with Crippen LogP contribution in [0.1, 0.15) is 23.2 Å². The largest absolute Gasteiger partial charge is 0.480 e. The van der Waals surface area contributed by atoms with Crippen LogP contribution in [0.5, 0.6) is 0 Å². The van der Waals surface area contributed by atoms with Gasteiger partial charge in [0.15, 0.2) is 5.72 Å². The van der Waals surface area contributed by atoms with E-state index in [0.29, 0.717) is 24.6 Å². The lowest BCUT2D eigenvalue weighted by Crippen LogP contribution is -2.49. The lowest BCUT2D eigenvalue weighted by atomic mass is 10.1. The Kier molecular flexibility index (Phi) is 8.20. The first kappa shape index (κ1) is 27.0. The molecule has 2 atom stereocenters. The summed E-state index contributed by atoms with van der Waals surface area (Å²) in [6.07, 6.45) is 4.40. The molecule has 2 unspecified atom stereocenters. The number of aliphatic hydroxyl groups is 1. The molecule has 1 aromatic heterocycles. The number of sulfonamides is 1. The summed E-state index contributed by atoms with van der Waals surface area (Å²) < 4.78 is 27.2. The van der Waals surface area contributed by atoms with Crippen LogP contribution in [-0.4, -0.2) is 71.9 Å². The first-order valence-electron chi connectivity index (χ1n) is 11.9. The third-order valence-electron chi connectivity index (χ3n) is 6.09. The Morgan fingerprint density at radius 1 is 1.05 bits per heavy atom. The molecule has 38 heavy (non-hydrogen) atoms. The fraction of sp³-hybridized carbons (Fsp3) is 0.280. The Labute approximate surface area is 219 Å². The van der Waals surface area contributed by atoms with Crippen LogP contribution >= 0.6 is 0 Å². The summed E-state index contributed by atoms with van der Waals surface area (Å²) in [5, 5.41) is 26.3. The molecule has 1 saturated heterocycles. The normalized spacial score (nSPS) is 18.1. The van der Waals surface area contributed by atoms with E-state index in [4.69, 9.17) is 0 Å². The van der Waals surface area contributed by atoms with Gasteiger partial charge in [-0.2, -0.15) is 4.72 Å². The highest BCUT2D eigenvalue weighted by molar-refractivity contribution is 7.89. The standard InChI is InChI=1S/C25H28N6O6S/c32-22(28-16-21(23(33)34)30-38(36,37)20-9-2-1-3-10-20)18-7-4-8-19(15-18)31-14-5-11-25(31,35)17-29-24-26-12-6-13-27-24/h1-4,6-10,12-13,15,21,30,35H,5,11,14,16-17H2,(H,28,32)(H,33,34)(H,26,27,29). The van der Waals surface area contributed by atoms with Crippen LogP contribution in [0, 0.1) is 0 Å². The molecule has 2 heterocycles. The van der Waals surface area contributed by atoms with Crippen LogP contribution in [0.4, 0.5) is 11.6 Å². The molecule has 12 nitrogen and oxygen atoms in total. The van der Waals surface area contributed by atoms with Crippen molar-refractivity contribution in [2.24, 2.45) is 0 Å². The van der Waals surface area contributed by atoms with E-state index in [1.165, 1.54) is 24.3 Å². The summed E-state index contributed by atoms with van der Waals surface area (Å²) in [7, 11) is -4.10. The fourth-order valence-electron chi connectivity index (χ4n) is 4.17. The molecular formula is C25H28N6O6S. The van der Waals surface area contributed by atoms with Crippen molar-refractivity contribution in [3.63, 3.8) is 0 Å². The van der Waals surface area contributed by atoms with E-state index in [9.17, 15) is 28.2 Å². The van der Waals surface area contributed by atoms with E-state index < -0.39 is 40.2 Å². The van der Waals surface area contributed by atoms with E-state index in [-0.39, 0.29) is 17.0 Å². The Balaban J connectivity index is 1.42. The van der Waals surface area contributed by atoms with Gasteiger partial charge < -0.3 is 25.7 Å². The molecule has 2 aromatic carbocycles. The van der Waals surface area contributed by atoms with Gasteiger partial charge in [0.2, 0.25) is 16.0 Å². The van der Waals surface area contributed by atoms with Crippen LogP contribution in [-0.2, 0) is 14.8 Å². The SMILES string of the molecule is O=C(NCC(NS(=O)(=O)c1ccccc1)C(=O)O)c1cccc(N2CCCC2(O)CNc2ncccn2)c1. The molecule has 0 bridgehead atoms. The van der Waals surface area contributed by atoms with E-state index in [1.54, 1.807) is 53.7 Å². The minimum absolute atomic E-state index is 0.0864. The van der Waals surface area contributed by atoms with Gasteiger partial charge in [-0.25, -0.2) is 18.4 Å². The van der Waals surface area contributed by atoms with E-state index >= 15 is 0 Å². The predicted molar refractivity (Wildman–Crippen MR) is 139 cm³/mol. The Hall–Kier alpha value is -4.07. The van der Waals surface area contributed by atoms with E-state index in [1.807, 2.05) is 0 Å². The van der Waals surface area contributed by atoms with Crippen molar-refractivity contribution in [3.05, 3.63) is 78.6 Å². The van der Waals surface area contributed by atoms with Crippen molar-refractivity contribution in [3.8, 4) is 0 Å². The third-order valence-corrected chi connectivity index (χ3v) is 7.58. The van der Waals surface area contributed by atoms with Crippen molar-refractivity contribution < 1.29 is 28.2 Å². The van der Waals surface area contributed by atoms with Gasteiger partial charge in [-0.05, 0) is 49.2 Å². The number of carboxylic acids is 1. The highest BCUT2D eigenvalue weighted by Crippen LogP contribution is 2.33. The summed E-state index contributed by atoms with van der Waals surface area (Å²) in [5.74, 6) is -1.64. The molecule has 13 heteroatoms. The van der Waals surface area contributed by atoms with Crippen molar-refractivity contribution in [2.75, 3.05) is 29.9 Å². The quantitative estimate of drug-likeness (QED) is 0.236. The van der Waals surface area contributed by atoms with Gasteiger partial charge in [0.25, 0.3) is 5.91 Å². The number of aliphatic carboxylic acids is 1. The van der Waals surface area contributed by atoms with Crippen molar-refractivity contribution >= 4 is 33.5 Å². The maximum Gasteiger partial charge on any atom is 0.323 e. The minimum atomic E-state index is -4.10. The number of hydrogen-bond donors (Lipinski definition) is 5. The third kappa shape index (κ3) is 6.43. The summed E-state index contributed by atoms with van der Waals surface area (Å²) in [6, 6.07) is 14.0. The lowest BCUT2D eigenvalue weighted by Gasteiger charge is -2.35. The molecule has 1 aliphatic rings. The molecule has 0 radical (unpaired) electrons. The first-order valence-corrected chi connectivity index (χ1v) is 13.4. The molecule has 0 spiro atoms. The number of anilines is 2. The van der Waals surface area contributed by atoms with Crippen molar-refractivity contribution in [1.29, 1.82) is 0 Å². The summed E-state index contributed by atoms with van der Waals surface area (Å²) in [4.78, 5) is 34.5. The van der Waals surface area contributed by atoms with Gasteiger partial charge in [-0.1, -0.05) is 24.3 Å². The second-order valence-corrected chi connectivity index (χ2v) is 10.5. The van der Waals surface area contributed by atoms with Gasteiger partial charge in [-0.15, -0.1) is 0 Å². The molecule has 4 rings (SSSR count). The predicted octanol–water partition coefficient (Wildman–Crippen LogP) is 1.04. The fourth-order valence-corrected chi connectivity index (χ4v) is 5.38. The number of nitrogens with zero attached hydrogens (tertiary/aromatic N) is 3. The molecule has 5 N–H and O–H groups in total. The van der Waals surface area contributed by atoms with Crippen LogP contribution in [0.2, 0.25) is 0 Å². The highest BCUT2D eigenvalue weighted by atomic mass is 32.2. The second-order valence-electron chi connectivity index (χ2n) is 8.75. The summed E-state index contributed by atoms with van der Waals surface area (Å²) in [6.45, 7) is 0.246. The molecule has 0 saturated carbocycles. The number of nitrogens with one attached hydrogen (secondary N) is 3.